The summed E-state index contributed by atoms with van der Waals surface area (Å²) in [5.41, 5.74) is 5.20. The van der Waals surface area contributed by atoms with Gasteiger partial charge in [-0.25, -0.2) is 4.98 Å². The number of aromatic nitrogens is 1. The summed E-state index contributed by atoms with van der Waals surface area (Å²) in [5, 5.41) is 4.79. The van der Waals surface area contributed by atoms with E-state index in [1.54, 1.807) is 12.3 Å². The van der Waals surface area contributed by atoms with Gasteiger partial charge in [-0.1, -0.05) is 29.8 Å². The van der Waals surface area contributed by atoms with Crippen LogP contribution in [0.5, 0.6) is 0 Å². The lowest BCUT2D eigenvalue weighted by atomic mass is 10.1. The minimum Gasteiger partial charge on any atom is -0.464 e. The number of aryl methyl sites for hydroxylation is 2. The van der Waals surface area contributed by atoms with Crippen LogP contribution in [-0.2, 0) is 0 Å². The number of fused-ring (bicyclic) bond motifs is 1. The van der Waals surface area contributed by atoms with Crippen LogP contribution in [0.2, 0.25) is 5.02 Å². The van der Waals surface area contributed by atoms with E-state index in [1.165, 1.54) is 11.3 Å². The minimum atomic E-state index is -0.0981. The van der Waals surface area contributed by atoms with E-state index < -0.39 is 0 Å². The SMILES string of the molecule is Cc1cccc(N2CCN(C(=O)c3cc4occc4c(Nc4ccc(C)c(Cl)c4)n3)C[C@@H]2C)c1. The normalized spacial score (nSPS) is 16.2. The van der Waals surface area contributed by atoms with Gasteiger partial charge in [0.25, 0.3) is 5.91 Å². The van der Waals surface area contributed by atoms with Gasteiger partial charge in [0.15, 0.2) is 0 Å². The van der Waals surface area contributed by atoms with E-state index in [0.29, 0.717) is 35.2 Å². The van der Waals surface area contributed by atoms with Crippen molar-refractivity contribution in [1.82, 2.24) is 9.88 Å². The highest BCUT2D eigenvalue weighted by atomic mass is 35.5. The van der Waals surface area contributed by atoms with Crippen LogP contribution in [0.3, 0.4) is 0 Å². The minimum absolute atomic E-state index is 0.0981. The van der Waals surface area contributed by atoms with Crippen molar-refractivity contribution in [2.45, 2.75) is 26.8 Å². The zero-order valence-electron chi connectivity index (χ0n) is 19.5. The van der Waals surface area contributed by atoms with Crippen LogP contribution in [0.25, 0.3) is 11.0 Å². The monoisotopic (exact) mass is 474 g/mol. The van der Waals surface area contributed by atoms with E-state index in [-0.39, 0.29) is 11.9 Å². The molecule has 0 bridgehead atoms. The summed E-state index contributed by atoms with van der Waals surface area (Å²) >= 11 is 6.30. The van der Waals surface area contributed by atoms with E-state index in [1.807, 2.05) is 36.1 Å². The van der Waals surface area contributed by atoms with Gasteiger partial charge in [-0.3, -0.25) is 4.79 Å². The molecule has 1 fully saturated rings. The molecular weight excluding hydrogens is 448 g/mol. The van der Waals surface area contributed by atoms with Gasteiger partial charge in [-0.2, -0.15) is 0 Å². The highest BCUT2D eigenvalue weighted by molar-refractivity contribution is 6.31. The lowest BCUT2D eigenvalue weighted by Gasteiger charge is -2.41. The van der Waals surface area contributed by atoms with Crippen molar-refractivity contribution < 1.29 is 9.21 Å². The maximum atomic E-state index is 13.5. The third kappa shape index (κ3) is 4.33. The van der Waals surface area contributed by atoms with Crippen molar-refractivity contribution in [1.29, 1.82) is 0 Å². The Labute approximate surface area is 204 Å². The fourth-order valence-corrected chi connectivity index (χ4v) is 4.65. The number of benzene rings is 2. The second kappa shape index (κ2) is 9.03. The average molecular weight is 475 g/mol. The van der Waals surface area contributed by atoms with Gasteiger partial charge in [-0.05, 0) is 62.2 Å². The molecule has 1 N–H and O–H groups in total. The molecule has 174 valence electrons. The van der Waals surface area contributed by atoms with Gasteiger partial charge in [0.2, 0.25) is 0 Å². The van der Waals surface area contributed by atoms with Gasteiger partial charge in [0.1, 0.15) is 17.1 Å². The molecule has 1 aliphatic heterocycles. The van der Waals surface area contributed by atoms with E-state index >= 15 is 0 Å². The Morgan fingerprint density at radius 2 is 1.97 bits per heavy atom. The summed E-state index contributed by atoms with van der Waals surface area (Å²) in [6, 6.07) is 18.0. The summed E-state index contributed by atoms with van der Waals surface area (Å²) in [5.74, 6) is 0.472. The molecule has 4 aromatic rings. The molecule has 0 saturated carbocycles. The number of piperazine rings is 1. The van der Waals surface area contributed by atoms with E-state index in [2.05, 4.69) is 48.3 Å². The summed E-state index contributed by atoms with van der Waals surface area (Å²) < 4.78 is 5.64. The standard InChI is InChI=1S/C27H27ClN4O2/c1-17-5-4-6-21(13-17)32-11-10-31(16-19(32)3)27(33)24-15-25-22(9-12-34-25)26(30-24)29-20-8-7-18(2)23(28)14-20/h4-9,12-15,19H,10-11,16H2,1-3H3,(H,29,30)/t19-/m0/s1. The molecule has 0 spiro atoms. The Morgan fingerprint density at radius 1 is 1.12 bits per heavy atom. The molecule has 1 amide bonds. The Hall–Kier alpha value is -3.51. The van der Waals surface area contributed by atoms with E-state index in [4.69, 9.17) is 21.0 Å². The number of rotatable bonds is 4. The molecule has 2 aromatic carbocycles. The smallest absolute Gasteiger partial charge is 0.272 e. The number of nitrogens with zero attached hydrogens (tertiary/aromatic N) is 3. The maximum Gasteiger partial charge on any atom is 0.272 e. The van der Waals surface area contributed by atoms with Crippen molar-refractivity contribution in [3.63, 3.8) is 0 Å². The van der Waals surface area contributed by atoms with Crippen LogP contribution in [0, 0.1) is 13.8 Å². The molecule has 7 heteroatoms. The topological polar surface area (TPSA) is 61.6 Å². The first-order valence-electron chi connectivity index (χ1n) is 11.4. The summed E-state index contributed by atoms with van der Waals surface area (Å²) in [6.07, 6.45) is 1.61. The number of hydrogen-bond donors (Lipinski definition) is 1. The van der Waals surface area contributed by atoms with Crippen LogP contribution in [-0.4, -0.2) is 41.5 Å². The Kier molecular flexibility index (Phi) is 5.92. The maximum absolute atomic E-state index is 13.5. The molecule has 5 rings (SSSR count). The molecular formula is C27H27ClN4O2. The lowest BCUT2D eigenvalue weighted by Crippen LogP contribution is -2.54. The predicted octanol–water partition coefficient (Wildman–Crippen LogP) is 6.19. The Morgan fingerprint density at radius 3 is 2.74 bits per heavy atom. The molecule has 1 aliphatic rings. The number of carbonyl (C=O) groups is 1. The van der Waals surface area contributed by atoms with Crippen LogP contribution in [0.1, 0.15) is 28.5 Å². The first kappa shape index (κ1) is 22.3. The van der Waals surface area contributed by atoms with E-state index in [9.17, 15) is 4.79 Å². The van der Waals surface area contributed by atoms with E-state index in [0.717, 1.165) is 23.2 Å². The van der Waals surface area contributed by atoms with Crippen LogP contribution < -0.4 is 10.2 Å². The van der Waals surface area contributed by atoms with Crippen molar-refractivity contribution >= 4 is 45.7 Å². The predicted molar refractivity (Wildman–Crippen MR) is 137 cm³/mol. The van der Waals surface area contributed by atoms with Crippen molar-refractivity contribution in [3.05, 3.63) is 82.7 Å². The highest BCUT2D eigenvalue weighted by Crippen LogP contribution is 2.29. The molecule has 2 aromatic heterocycles. The molecule has 34 heavy (non-hydrogen) atoms. The number of halogens is 1. The van der Waals surface area contributed by atoms with Crippen molar-refractivity contribution in [3.8, 4) is 0 Å². The summed E-state index contributed by atoms with van der Waals surface area (Å²) in [6.45, 7) is 8.23. The molecule has 1 saturated heterocycles. The molecule has 3 heterocycles. The fourth-order valence-electron chi connectivity index (χ4n) is 4.47. The molecule has 0 unspecified atom stereocenters. The van der Waals surface area contributed by atoms with Crippen LogP contribution >= 0.6 is 11.6 Å². The molecule has 0 radical (unpaired) electrons. The second-order valence-corrected chi connectivity index (χ2v) is 9.32. The van der Waals surface area contributed by atoms with Crippen LogP contribution in [0.4, 0.5) is 17.2 Å². The first-order chi connectivity index (χ1) is 16.4. The Balaban J connectivity index is 1.39. The summed E-state index contributed by atoms with van der Waals surface area (Å²) in [4.78, 5) is 22.4. The summed E-state index contributed by atoms with van der Waals surface area (Å²) in [7, 11) is 0. The van der Waals surface area contributed by atoms with Gasteiger partial charge in [0, 0.05) is 48.1 Å². The zero-order valence-corrected chi connectivity index (χ0v) is 20.3. The third-order valence-electron chi connectivity index (χ3n) is 6.35. The highest BCUT2D eigenvalue weighted by Gasteiger charge is 2.29. The number of hydrogen-bond acceptors (Lipinski definition) is 5. The first-order valence-corrected chi connectivity index (χ1v) is 11.8. The molecule has 1 atom stereocenters. The van der Waals surface area contributed by atoms with Gasteiger partial charge < -0.3 is 19.5 Å². The molecule has 0 aliphatic carbocycles. The average Bonchev–Trinajstić information content (AvgIpc) is 3.30. The Bertz CT molecular complexity index is 1370. The lowest BCUT2D eigenvalue weighted by molar-refractivity contribution is 0.0720. The quantitative estimate of drug-likeness (QED) is 0.382. The van der Waals surface area contributed by atoms with Crippen molar-refractivity contribution in [2.24, 2.45) is 0 Å². The number of nitrogens with one attached hydrogen (secondary N) is 1. The number of amides is 1. The number of furan rings is 1. The number of pyridine rings is 1. The van der Waals surface area contributed by atoms with Crippen LogP contribution in [0.15, 0.2) is 65.3 Å². The third-order valence-corrected chi connectivity index (χ3v) is 6.76. The van der Waals surface area contributed by atoms with Gasteiger partial charge in [-0.15, -0.1) is 0 Å². The van der Waals surface area contributed by atoms with Gasteiger partial charge in [0.05, 0.1) is 11.6 Å². The zero-order chi connectivity index (χ0) is 23.8. The second-order valence-electron chi connectivity index (χ2n) is 8.91. The molecule has 6 nitrogen and oxygen atoms in total. The number of anilines is 3. The van der Waals surface area contributed by atoms with Gasteiger partial charge >= 0.3 is 0 Å². The van der Waals surface area contributed by atoms with Crippen molar-refractivity contribution in [2.75, 3.05) is 29.9 Å². The largest absolute Gasteiger partial charge is 0.464 e. The fraction of sp³-hybridized carbons (Fsp3) is 0.259. The number of carbonyl (C=O) groups excluding carboxylic acids is 1.